The lowest BCUT2D eigenvalue weighted by Crippen LogP contribution is -2.52. The van der Waals surface area contributed by atoms with Gasteiger partial charge >= 0.3 is 0 Å². The lowest BCUT2D eigenvalue weighted by molar-refractivity contribution is -0.136. The van der Waals surface area contributed by atoms with E-state index in [-0.39, 0.29) is 24.1 Å². The highest BCUT2D eigenvalue weighted by Crippen LogP contribution is 2.42. The van der Waals surface area contributed by atoms with Gasteiger partial charge in [-0.05, 0) is 151 Å². The number of aromatic hydroxyl groups is 1. The fraction of sp³-hybridized carbons (Fsp3) is 0.408. The molecule has 4 aliphatic heterocycles. The number of ether oxygens (including phenoxy) is 1. The zero-order valence-corrected chi connectivity index (χ0v) is 33.7. The summed E-state index contributed by atoms with van der Waals surface area (Å²) in [5, 5.41) is 12.8. The maximum Gasteiger partial charge on any atom is 0.255 e. The molecule has 3 amide bonds. The zero-order valence-electron chi connectivity index (χ0n) is 33.7. The summed E-state index contributed by atoms with van der Waals surface area (Å²) >= 11 is 0. The fourth-order valence-corrected chi connectivity index (χ4v) is 10.0. The van der Waals surface area contributed by atoms with E-state index in [1.54, 1.807) is 4.90 Å². The molecule has 0 bridgehead atoms. The maximum atomic E-state index is 13.2. The number of nitrogens with zero attached hydrogens (tertiary/aromatic N) is 4. The minimum Gasteiger partial charge on any atom is -0.508 e. The standard InChI is InChI=1S/C49H53N5O5/c55-39-11-17-43-35(29-39)2-1-3-42(33-6-12-40(13-7-33)59-41-14-15-41)47(43)34-4-8-37(9-5-34)52-22-20-32(21-23-52)30-51-24-26-53(27-25-51)38-10-16-44-36(28-38)31-54(49(44)58)45-18-19-46(56)50-48(45)57/h4-13,16-17,28-29,32,41,45,55H,1-3,14-15,18-27,30-31H2,(H,50,56,57)/t45-/m0/s1. The molecule has 0 radical (unpaired) electrons. The molecule has 0 spiro atoms. The predicted octanol–water partition coefficient (Wildman–Crippen LogP) is 7.03. The number of allylic oxidation sites excluding steroid dienone is 1. The molecule has 0 unspecified atom stereocenters. The summed E-state index contributed by atoms with van der Waals surface area (Å²) in [6.07, 6.45) is 8.61. The SMILES string of the molecule is O=C1CC[C@H](N2Cc3cc(N4CCN(CC5CCN(c6ccc(C7=C(c8ccc(OC9CC9)cc8)CCCc8cc(O)ccc87)cc6)CC5)CC4)ccc3C2=O)C(=O)N1. The van der Waals surface area contributed by atoms with Crippen LogP contribution in [0.15, 0.2) is 84.9 Å². The van der Waals surface area contributed by atoms with Crippen molar-refractivity contribution in [2.24, 2.45) is 5.92 Å². The Bertz CT molecular complexity index is 2280. The molecule has 10 rings (SSSR count). The number of imide groups is 1. The Morgan fingerprint density at radius 1 is 0.661 bits per heavy atom. The highest BCUT2D eigenvalue weighted by molar-refractivity contribution is 6.05. The number of phenolic OH excluding ortho intramolecular Hbond substituents is 1. The first-order valence-corrected chi connectivity index (χ1v) is 21.8. The number of piperazine rings is 1. The molecule has 3 saturated heterocycles. The van der Waals surface area contributed by atoms with Gasteiger partial charge in [0.05, 0.1) is 6.10 Å². The smallest absolute Gasteiger partial charge is 0.255 e. The number of nitrogens with one attached hydrogen (secondary N) is 1. The van der Waals surface area contributed by atoms with Crippen molar-refractivity contribution in [1.82, 2.24) is 15.1 Å². The molecule has 4 aromatic carbocycles. The first kappa shape index (κ1) is 37.6. The summed E-state index contributed by atoms with van der Waals surface area (Å²) in [5.41, 5.74) is 11.5. The minimum atomic E-state index is -0.590. The molecule has 1 saturated carbocycles. The average Bonchev–Trinajstić information content (AvgIpc) is 4.05. The fourth-order valence-electron chi connectivity index (χ4n) is 10.0. The van der Waals surface area contributed by atoms with Crippen LogP contribution in [0.5, 0.6) is 11.5 Å². The highest BCUT2D eigenvalue weighted by atomic mass is 16.5. The van der Waals surface area contributed by atoms with Gasteiger partial charge in [0.2, 0.25) is 11.8 Å². The van der Waals surface area contributed by atoms with Crippen molar-refractivity contribution < 1.29 is 24.2 Å². The van der Waals surface area contributed by atoms with Crippen molar-refractivity contribution in [1.29, 1.82) is 0 Å². The Hall–Kier alpha value is -5.61. The number of fused-ring (bicyclic) bond motifs is 2. The molecule has 59 heavy (non-hydrogen) atoms. The maximum absolute atomic E-state index is 13.2. The van der Waals surface area contributed by atoms with E-state index in [4.69, 9.17) is 4.74 Å². The van der Waals surface area contributed by atoms with Gasteiger partial charge in [-0.25, -0.2) is 0 Å². The third kappa shape index (κ3) is 7.82. The quantitative estimate of drug-likeness (QED) is 0.174. The Morgan fingerprint density at radius 3 is 2.12 bits per heavy atom. The van der Waals surface area contributed by atoms with Gasteiger partial charge in [-0.1, -0.05) is 30.3 Å². The largest absolute Gasteiger partial charge is 0.508 e. The average molecular weight is 792 g/mol. The molecule has 2 aliphatic carbocycles. The second kappa shape index (κ2) is 15.9. The number of piperidine rings is 2. The molecule has 6 aliphatic rings. The van der Waals surface area contributed by atoms with Crippen LogP contribution in [0.3, 0.4) is 0 Å². The summed E-state index contributed by atoms with van der Waals surface area (Å²) in [6, 6.07) is 29.3. The summed E-state index contributed by atoms with van der Waals surface area (Å²) in [5.74, 6) is 1.18. The molecule has 10 nitrogen and oxygen atoms in total. The summed E-state index contributed by atoms with van der Waals surface area (Å²) in [6.45, 7) is 7.55. The van der Waals surface area contributed by atoms with Crippen LogP contribution in [0.25, 0.3) is 11.1 Å². The number of aryl methyl sites for hydroxylation is 1. The number of amides is 3. The number of carbonyl (C=O) groups is 3. The van der Waals surface area contributed by atoms with E-state index in [9.17, 15) is 19.5 Å². The topological polar surface area (TPSA) is 106 Å². The number of hydrogen-bond acceptors (Lipinski definition) is 8. The molecule has 4 fully saturated rings. The second-order valence-corrected chi connectivity index (χ2v) is 17.4. The number of rotatable bonds is 9. The Labute approximate surface area is 346 Å². The van der Waals surface area contributed by atoms with Crippen molar-refractivity contribution >= 4 is 40.2 Å². The summed E-state index contributed by atoms with van der Waals surface area (Å²) in [4.78, 5) is 46.5. The van der Waals surface area contributed by atoms with Gasteiger partial charge in [-0.15, -0.1) is 0 Å². The van der Waals surface area contributed by atoms with Crippen molar-refractivity contribution in [2.75, 3.05) is 55.6 Å². The van der Waals surface area contributed by atoms with Gasteiger partial charge < -0.3 is 24.5 Å². The van der Waals surface area contributed by atoms with Crippen LogP contribution in [-0.4, -0.2) is 90.6 Å². The molecule has 4 aromatic rings. The van der Waals surface area contributed by atoms with Gasteiger partial charge in [0, 0.05) is 75.7 Å². The third-order valence-electron chi connectivity index (χ3n) is 13.5. The number of carbonyl (C=O) groups excluding carboxylic acids is 3. The molecule has 4 heterocycles. The van der Waals surface area contributed by atoms with E-state index in [0.29, 0.717) is 36.3 Å². The lowest BCUT2D eigenvalue weighted by atomic mass is 9.87. The second-order valence-electron chi connectivity index (χ2n) is 17.4. The summed E-state index contributed by atoms with van der Waals surface area (Å²) < 4.78 is 6.07. The zero-order chi connectivity index (χ0) is 40.0. The van der Waals surface area contributed by atoms with Gasteiger partial charge in [0.25, 0.3) is 5.91 Å². The van der Waals surface area contributed by atoms with Crippen LogP contribution in [0.1, 0.15) is 89.5 Å². The Morgan fingerprint density at radius 2 is 1.37 bits per heavy atom. The number of phenols is 1. The van der Waals surface area contributed by atoms with Gasteiger partial charge in [0.1, 0.15) is 17.5 Å². The number of hydrogen-bond donors (Lipinski definition) is 2. The van der Waals surface area contributed by atoms with Crippen molar-refractivity contribution in [3.05, 3.63) is 118 Å². The van der Waals surface area contributed by atoms with Crippen molar-refractivity contribution in [3.8, 4) is 11.5 Å². The van der Waals surface area contributed by atoms with E-state index < -0.39 is 6.04 Å². The van der Waals surface area contributed by atoms with E-state index >= 15 is 0 Å². The number of anilines is 2. The van der Waals surface area contributed by atoms with Crippen LogP contribution >= 0.6 is 0 Å². The van der Waals surface area contributed by atoms with Crippen LogP contribution in [0.4, 0.5) is 11.4 Å². The van der Waals surface area contributed by atoms with Crippen LogP contribution in [-0.2, 0) is 22.6 Å². The van der Waals surface area contributed by atoms with E-state index in [2.05, 4.69) is 80.7 Å². The minimum absolute atomic E-state index is 0.124. The summed E-state index contributed by atoms with van der Waals surface area (Å²) in [7, 11) is 0. The van der Waals surface area contributed by atoms with E-state index in [1.807, 2.05) is 24.3 Å². The van der Waals surface area contributed by atoms with Gasteiger partial charge in [0.15, 0.2) is 0 Å². The molecule has 0 aromatic heterocycles. The predicted molar refractivity (Wildman–Crippen MR) is 230 cm³/mol. The van der Waals surface area contributed by atoms with Crippen molar-refractivity contribution in [2.45, 2.75) is 76.5 Å². The first-order valence-electron chi connectivity index (χ1n) is 21.8. The van der Waals surface area contributed by atoms with Crippen molar-refractivity contribution in [3.63, 3.8) is 0 Å². The van der Waals surface area contributed by atoms with Gasteiger partial charge in [-0.2, -0.15) is 0 Å². The monoisotopic (exact) mass is 791 g/mol. The van der Waals surface area contributed by atoms with E-state index in [1.165, 1.54) is 51.9 Å². The van der Waals surface area contributed by atoms with Crippen LogP contribution in [0.2, 0.25) is 0 Å². The third-order valence-corrected chi connectivity index (χ3v) is 13.5. The highest BCUT2D eigenvalue weighted by Gasteiger charge is 2.39. The Balaban J connectivity index is 0.753. The first-order chi connectivity index (χ1) is 28.8. The lowest BCUT2D eigenvalue weighted by Gasteiger charge is -2.40. The molecule has 304 valence electrons. The Kier molecular flexibility index (Phi) is 10.1. The number of benzene rings is 4. The normalized spacial score (nSPS) is 21.7. The van der Waals surface area contributed by atoms with Crippen LogP contribution < -0.4 is 19.9 Å². The van der Waals surface area contributed by atoms with Crippen LogP contribution in [0, 0.1) is 5.92 Å². The molecular weight excluding hydrogens is 739 g/mol. The van der Waals surface area contributed by atoms with Gasteiger partial charge in [-0.3, -0.25) is 24.6 Å². The molecule has 10 heteroatoms. The molecule has 2 N–H and O–H groups in total. The molecular formula is C49H53N5O5. The molecule has 1 atom stereocenters. The van der Waals surface area contributed by atoms with E-state index in [0.717, 1.165) is 94.9 Å².